The first-order valence-corrected chi connectivity index (χ1v) is 9.21. The lowest BCUT2D eigenvalue weighted by atomic mass is 9.85. The quantitative estimate of drug-likeness (QED) is 0.501. The Balaban J connectivity index is 1.91. The summed E-state index contributed by atoms with van der Waals surface area (Å²) in [5.41, 5.74) is 5.71. The Kier molecular flexibility index (Phi) is 6.80. The second-order valence-corrected chi connectivity index (χ2v) is 7.60. The van der Waals surface area contributed by atoms with Crippen molar-refractivity contribution in [3.63, 3.8) is 0 Å². The van der Waals surface area contributed by atoms with Crippen LogP contribution >= 0.6 is 31.9 Å². The topological polar surface area (TPSA) is 50.7 Å². The molecule has 128 valence electrons. The Morgan fingerprint density at radius 1 is 1.46 bits per heavy atom. The molecule has 0 spiro atoms. The van der Waals surface area contributed by atoms with E-state index in [-0.39, 0.29) is 12.5 Å². The van der Waals surface area contributed by atoms with Crippen LogP contribution in [0, 0.1) is 5.92 Å². The Bertz CT molecular complexity index is 711. The molecule has 0 saturated heterocycles. The normalized spacial score (nSPS) is 18.9. The molecule has 1 aromatic rings. The highest BCUT2D eigenvalue weighted by Gasteiger charge is 2.18. The van der Waals surface area contributed by atoms with Gasteiger partial charge >= 0.3 is 0 Å². The van der Waals surface area contributed by atoms with Gasteiger partial charge in [0, 0.05) is 4.47 Å². The van der Waals surface area contributed by atoms with Crippen LogP contribution in [0.15, 0.2) is 56.0 Å². The summed E-state index contributed by atoms with van der Waals surface area (Å²) < 4.78 is 7.22. The summed E-state index contributed by atoms with van der Waals surface area (Å²) in [5.74, 6) is 0.707. The van der Waals surface area contributed by atoms with E-state index in [0.717, 1.165) is 38.6 Å². The number of hydrogen-bond donors (Lipinski definition) is 1. The molecule has 0 bridgehead atoms. The summed E-state index contributed by atoms with van der Waals surface area (Å²) in [5, 5.41) is 4.25. The molecule has 0 saturated carbocycles. The maximum Gasteiger partial charge on any atom is 0.277 e. The van der Waals surface area contributed by atoms with Gasteiger partial charge in [0.25, 0.3) is 5.91 Å². The average Bonchev–Trinajstić information content (AvgIpc) is 2.53. The van der Waals surface area contributed by atoms with Crippen molar-refractivity contribution in [1.82, 2.24) is 5.43 Å². The number of carbonyl (C=O) groups excluding carboxylic acids is 1. The zero-order chi connectivity index (χ0) is 17.7. The summed E-state index contributed by atoms with van der Waals surface area (Å²) in [7, 11) is 0. The van der Waals surface area contributed by atoms with Gasteiger partial charge in [-0.3, -0.25) is 4.79 Å². The molecule has 2 rings (SSSR count). The van der Waals surface area contributed by atoms with Crippen LogP contribution in [0.1, 0.15) is 26.7 Å². The van der Waals surface area contributed by atoms with Crippen LogP contribution < -0.4 is 10.2 Å². The van der Waals surface area contributed by atoms with Crippen molar-refractivity contribution in [3.05, 3.63) is 50.9 Å². The number of rotatable bonds is 5. The van der Waals surface area contributed by atoms with Gasteiger partial charge in [0.15, 0.2) is 6.61 Å². The summed E-state index contributed by atoms with van der Waals surface area (Å²) in [4.78, 5) is 12.0. The van der Waals surface area contributed by atoms with E-state index in [1.807, 2.05) is 26.0 Å². The first kappa shape index (κ1) is 18.9. The number of allylic oxidation sites excluding steroid dienone is 3. The Labute approximate surface area is 159 Å². The molecule has 1 atom stereocenters. The molecule has 1 unspecified atom stereocenters. The fourth-order valence-electron chi connectivity index (χ4n) is 2.32. The van der Waals surface area contributed by atoms with Crippen molar-refractivity contribution < 1.29 is 9.53 Å². The number of halogens is 2. The molecule has 0 fully saturated rings. The number of ether oxygens (including phenoxy) is 1. The molecule has 0 heterocycles. The number of amides is 1. The molecule has 1 aromatic carbocycles. The molecule has 0 aliphatic heterocycles. The highest BCUT2D eigenvalue weighted by molar-refractivity contribution is 9.11. The number of nitrogens with one attached hydrogen (secondary N) is 1. The smallest absolute Gasteiger partial charge is 0.277 e. The minimum Gasteiger partial charge on any atom is -0.483 e. The second kappa shape index (κ2) is 8.62. The molecular weight excluding hydrogens is 436 g/mol. The molecule has 24 heavy (non-hydrogen) atoms. The Hall–Kier alpha value is -1.40. The van der Waals surface area contributed by atoms with Crippen molar-refractivity contribution in [1.29, 1.82) is 0 Å². The van der Waals surface area contributed by atoms with Crippen molar-refractivity contribution in [2.24, 2.45) is 11.0 Å². The molecule has 1 N–H and O–H groups in total. The van der Waals surface area contributed by atoms with Crippen molar-refractivity contribution in [2.45, 2.75) is 26.7 Å². The minimum absolute atomic E-state index is 0.0936. The minimum atomic E-state index is -0.289. The van der Waals surface area contributed by atoms with Gasteiger partial charge in [-0.05, 0) is 72.3 Å². The van der Waals surface area contributed by atoms with Crippen molar-refractivity contribution >= 4 is 43.5 Å². The predicted molar refractivity (Wildman–Crippen MR) is 104 cm³/mol. The Morgan fingerprint density at radius 2 is 2.21 bits per heavy atom. The van der Waals surface area contributed by atoms with Crippen molar-refractivity contribution in [2.75, 3.05) is 6.61 Å². The van der Waals surface area contributed by atoms with Gasteiger partial charge < -0.3 is 4.74 Å². The van der Waals surface area contributed by atoms with Gasteiger partial charge in [0.05, 0.1) is 10.2 Å². The zero-order valence-corrected chi connectivity index (χ0v) is 16.9. The maximum absolute atomic E-state index is 12.0. The van der Waals surface area contributed by atoms with Crippen LogP contribution in [-0.4, -0.2) is 18.2 Å². The van der Waals surface area contributed by atoms with Crippen LogP contribution in [0.3, 0.4) is 0 Å². The molecule has 1 aliphatic rings. The molecule has 1 aliphatic carbocycles. The molecule has 6 heteroatoms. The summed E-state index contributed by atoms with van der Waals surface area (Å²) >= 11 is 6.77. The van der Waals surface area contributed by atoms with Crippen LogP contribution in [0.2, 0.25) is 0 Å². The van der Waals surface area contributed by atoms with Crippen LogP contribution in [0.25, 0.3) is 0 Å². The first-order chi connectivity index (χ1) is 11.4. The molecule has 1 amide bonds. The fourth-order valence-corrected chi connectivity index (χ4v) is 3.48. The third kappa shape index (κ3) is 5.31. The first-order valence-electron chi connectivity index (χ1n) is 7.62. The molecule has 4 nitrogen and oxygen atoms in total. The van der Waals surface area contributed by atoms with Gasteiger partial charge in [-0.2, -0.15) is 5.10 Å². The predicted octanol–water partition coefficient (Wildman–Crippen LogP) is 5.00. The lowest BCUT2D eigenvalue weighted by Gasteiger charge is -2.22. The van der Waals surface area contributed by atoms with Crippen LogP contribution in [0.5, 0.6) is 5.75 Å². The van der Waals surface area contributed by atoms with E-state index in [4.69, 9.17) is 4.74 Å². The van der Waals surface area contributed by atoms with E-state index in [1.54, 1.807) is 6.07 Å². The highest BCUT2D eigenvalue weighted by Crippen LogP contribution is 2.28. The van der Waals surface area contributed by atoms with Crippen LogP contribution in [-0.2, 0) is 4.79 Å². The van der Waals surface area contributed by atoms with Gasteiger partial charge in [-0.25, -0.2) is 5.43 Å². The summed E-state index contributed by atoms with van der Waals surface area (Å²) in [6.45, 7) is 7.95. The SMILES string of the molecule is C=C(C)C1CC=C(C)C(=NNC(=O)COc2ccc(Br)cc2Br)C1. The van der Waals surface area contributed by atoms with E-state index in [1.165, 1.54) is 0 Å². The second-order valence-electron chi connectivity index (χ2n) is 5.83. The third-order valence-electron chi connectivity index (χ3n) is 3.87. The number of hydrazone groups is 1. The number of hydrogen-bond acceptors (Lipinski definition) is 3. The molecule has 0 aromatic heterocycles. The highest BCUT2D eigenvalue weighted by atomic mass is 79.9. The summed E-state index contributed by atoms with van der Waals surface area (Å²) in [6.07, 6.45) is 3.93. The molecular formula is C18H20Br2N2O2. The van der Waals surface area contributed by atoms with E-state index in [0.29, 0.717) is 11.7 Å². The van der Waals surface area contributed by atoms with Gasteiger partial charge in [-0.15, -0.1) is 0 Å². The lowest BCUT2D eigenvalue weighted by molar-refractivity contribution is -0.123. The number of carbonyl (C=O) groups is 1. The van der Waals surface area contributed by atoms with E-state index < -0.39 is 0 Å². The largest absolute Gasteiger partial charge is 0.483 e. The number of nitrogens with zero attached hydrogens (tertiary/aromatic N) is 1. The zero-order valence-electron chi connectivity index (χ0n) is 13.7. The van der Waals surface area contributed by atoms with Gasteiger partial charge in [0.2, 0.25) is 0 Å². The molecule has 0 radical (unpaired) electrons. The van der Waals surface area contributed by atoms with E-state index >= 15 is 0 Å². The Morgan fingerprint density at radius 3 is 2.88 bits per heavy atom. The lowest BCUT2D eigenvalue weighted by Crippen LogP contribution is -2.27. The standard InChI is InChI=1S/C18H20Br2N2O2/c1-11(2)13-5-4-12(3)16(8-13)21-22-18(23)10-24-17-7-6-14(19)9-15(17)20/h4,6-7,9,13H,1,5,8,10H2,2-3H3,(H,22,23). The maximum atomic E-state index is 12.0. The van der Waals surface area contributed by atoms with Gasteiger partial charge in [0.1, 0.15) is 5.75 Å². The monoisotopic (exact) mass is 454 g/mol. The van der Waals surface area contributed by atoms with Crippen LogP contribution in [0.4, 0.5) is 0 Å². The third-order valence-corrected chi connectivity index (χ3v) is 4.98. The summed E-state index contributed by atoms with van der Waals surface area (Å²) in [6, 6.07) is 5.51. The van der Waals surface area contributed by atoms with Crippen molar-refractivity contribution in [3.8, 4) is 5.75 Å². The average molecular weight is 456 g/mol. The van der Waals surface area contributed by atoms with E-state index in [2.05, 4.69) is 55.0 Å². The fraction of sp³-hybridized carbons (Fsp3) is 0.333. The van der Waals surface area contributed by atoms with E-state index in [9.17, 15) is 4.79 Å². The number of benzene rings is 1. The van der Waals surface area contributed by atoms with Gasteiger partial charge in [-0.1, -0.05) is 34.2 Å².